The van der Waals surface area contributed by atoms with E-state index in [9.17, 15) is 4.79 Å². The molecule has 21 heavy (non-hydrogen) atoms. The summed E-state index contributed by atoms with van der Waals surface area (Å²) in [5.74, 6) is 0.556. The fourth-order valence-corrected chi connectivity index (χ4v) is 3.87. The van der Waals surface area contributed by atoms with Crippen molar-refractivity contribution in [3.05, 3.63) is 33.4 Å². The molecule has 2 N–H and O–H groups in total. The van der Waals surface area contributed by atoms with Crippen LogP contribution in [0.15, 0.2) is 23.0 Å². The zero-order valence-corrected chi connectivity index (χ0v) is 14.0. The summed E-state index contributed by atoms with van der Waals surface area (Å²) < 4.78 is 2.79. The van der Waals surface area contributed by atoms with Gasteiger partial charge in [0.1, 0.15) is 0 Å². The highest BCUT2D eigenvalue weighted by Gasteiger charge is 2.23. The highest BCUT2D eigenvalue weighted by molar-refractivity contribution is 7.16. The average molecular weight is 328 g/mol. The number of thiazole rings is 1. The standard InChI is InChI=1S/C15H21N3OS.ClH/c1-10-8-18(6-5-12(10)16)9-11-3-4-13-14(7-11)20-15(19)17(13)2;/h3-4,7,10,12H,5-6,8-9,16H2,1-2H3;1H. The van der Waals surface area contributed by atoms with Crippen LogP contribution in [0.5, 0.6) is 0 Å². The Bertz CT molecular complexity index is 681. The fraction of sp³-hybridized carbons (Fsp3) is 0.533. The van der Waals surface area contributed by atoms with Gasteiger partial charge in [-0.2, -0.15) is 0 Å². The van der Waals surface area contributed by atoms with E-state index in [2.05, 4.69) is 30.0 Å². The largest absolute Gasteiger partial charge is 0.327 e. The molecule has 4 nitrogen and oxygen atoms in total. The first-order chi connectivity index (χ1) is 9.54. The van der Waals surface area contributed by atoms with E-state index in [1.54, 1.807) is 4.57 Å². The van der Waals surface area contributed by atoms with E-state index in [0.29, 0.717) is 12.0 Å². The summed E-state index contributed by atoms with van der Waals surface area (Å²) in [5, 5.41) is 0. The molecule has 0 spiro atoms. The maximum Gasteiger partial charge on any atom is 0.307 e. The molecule has 6 heteroatoms. The lowest BCUT2D eigenvalue weighted by Crippen LogP contribution is -2.45. The summed E-state index contributed by atoms with van der Waals surface area (Å²) in [7, 11) is 1.83. The third-order valence-electron chi connectivity index (χ3n) is 4.32. The lowest BCUT2D eigenvalue weighted by molar-refractivity contribution is 0.158. The predicted octanol–water partition coefficient (Wildman–Crippen LogP) is 2.19. The number of piperidine rings is 1. The Balaban J connectivity index is 0.00000161. The number of hydrogen-bond acceptors (Lipinski definition) is 4. The monoisotopic (exact) mass is 327 g/mol. The van der Waals surface area contributed by atoms with E-state index in [-0.39, 0.29) is 17.3 Å². The third kappa shape index (κ3) is 3.31. The van der Waals surface area contributed by atoms with Crippen molar-refractivity contribution < 1.29 is 0 Å². The van der Waals surface area contributed by atoms with E-state index >= 15 is 0 Å². The van der Waals surface area contributed by atoms with Crippen molar-refractivity contribution in [1.82, 2.24) is 9.47 Å². The summed E-state index contributed by atoms with van der Waals surface area (Å²) in [6, 6.07) is 6.68. The molecule has 0 amide bonds. The summed E-state index contributed by atoms with van der Waals surface area (Å²) in [6.07, 6.45) is 1.07. The zero-order chi connectivity index (χ0) is 14.3. The minimum absolute atomic E-state index is 0. The Labute approximate surface area is 135 Å². The number of halogens is 1. The second-order valence-electron chi connectivity index (χ2n) is 5.89. The van der Waals surface area contributed by atoms with Crippen LogP contribution in [0.25, 0.3) is 10.2 Å². The molecule has 1 aromatic heterocycles. The quantitative estimate of drug-likeness (QED) is 0.920. The topological polar surface area (TPSA) is 51.3 Å². The molecule has 2 heterocycles. The van der Waals surface area contributed by atoms with E-state index in [1.807, 2.05) is 7.05 Å². The summed E-state index contributed by atoms with van der Waals surface area (Å²) in [5.41, 5.74) is 8.37. The molecule has 1 aliphatic heterocycles. The van der Waals surface area contributed by atoms with Crippen LogP contribution in [0.4, 0.5) is 0 Å². The molecule has 2 aromatic rings. The van der Waals surface area contributed by atoms with E-state index in [1.165, 1.54) is 16.9 Å². The van der Waals surface area contributed by atoms with Gasteiger partial charge in [-0.25, -0.2) is 0 Å². The normalized spacial score (nSPS) is 23.2. The SMILES string of the molecule is CC1CN(Cc2ccc3c(c2)sc(=O)n3C)CCC1N.Cl. The number of likely N-dealkylation sites (tertiary alicyclic amines) is 1. The molecule has 1 saturated heterocycles. The Morgan fingerprint density at radius 3 is 2.90 bits per heavy atom. The van der Waals surface area contributed by atoms with Gasteiger partial charge in [0.25, 0.3) is 0 Å². The van der Waals surface area contributed by atoms with Gasteiger partial charge in [0.15, 0.2) is 0 Å². The molecule has 1 fully saturated rings. The molecule has 2 unspecified atom stereocenters. The molecule has 0 saturated carbocycles. The third-order valence-corrected chi connectivity index (χ3v) is 5.31. The van der Waals surface area contributed by atoms with Gasteiger partial charge in [-0.1, -0.05) is 24.3 Å². The molecule has 0 aliphatic carbocycles. The van der Waals surface area contributed by atoms with Crippen LogP contribution < -0.4 is 10.6 Å². The fourth-order valence-electron chi connectivity index (χ4n) is 2.93. The zero-order valence-electron chi connectivity index (χ0n) is 12.4. The second kappa shape index (κ2) is 6.48. The molecule has 0 bridgehead atoms. The number of aromatic nitrogens is 1. The summed E-state index contributed by atoms with van der Waals surface area (Å²) >= 11 is 1.32. The van der Waals surface area contributed by atoms with Crippen LogP contribution in [-0.4, -0.2) is 28.6 Å². The molecular weight excluding hydrogens is 306 g/mol. The Morgan fingerprint density at radius 2 is 2.19 bits per heavy atom. The first kappa shape index (κ1) is 16.5. The van der Waals surface area contributed by atoms with Gasteiger partial charge in [-0.3, -0.25) is 9.69 Å². The Morgan fingerprint density at radius 1 is 1.43 bits per heavy atom. The van der Waals surface area contributed by atoms with Gasteiger partial charge in [0.2, 0.25) is 0 Å². The minimum Gasteiger partial charge on any atom is -0.327 e. The lowest BCUT2D eigenvalue weighted by atomic mass is 9.94. The molecule has 1 aromatic carbocycles. The van der Waals surface area contributed by atoms with Crippen molar-refractivity contribution >= 4 is 34.0 Å². The molecular formula is C15H22ClN3OS. The Kier molecular flexibility index (Phi) is 5.09. The molecule has 116 valence electrons. The van der Waals surface area contributed by atoms with Crippen molar-refractivity contribution in [3.63, 3.8) is 0 Å². The maximum atomic E-state index is 11.7. The number of fused-ring (bicyclic) bond motifs is 1. The summed E-state index contributed by atoms with van der Waals surface area (Å²) in [4.78, 5) is 14.2. The first-order valence-electron chi connectivity index (χ1n) is 7.11. The number of aryl methyl sites for hydroxylation is 1. The van der Waals surface area contributed by atoms with Crippen molar-refractivity contribution in [2.75, 3.05) is 13.1 Å². The van der Waals surface area contributed by atoms with Crippen LogP contribution in [-0.2, 0) is 13.6 Å². The maximum absolute atomic E-state index is 11.7. The predicted molar refractivity (Wildman–Crippen MR) is 91.3 cm³/mol. The molecule has 3 rings (SSSR count). The minimum atomic E-state index is 0. The number of rotatable bonds is 2. The van der Waals surface area contributed by atoms with E-state index < -0.39 is 0 Å². The van der Waals surface area contributed by atoms with Gasteiger partial charge in [0.05, 0.1) is 10.2 Å². The number of benzene rings is 1. The van der Waals surface area contributed by atoms with Gasteiger partial charge in [0, 0.05) is 26.2 Å². The van der Waals surface area contributed by atoms with Crippen molar-refractivity contribution in [2.24, 2.45) is 18.7 Å². The molecule has 2 atom stereocenters. The highest BCUT2D eigenvalue weighted by atomic mass is 35.5. The van der Waals surface area contributed by atoms with Gasteiger partial charge >= 0.3 is 4.87 Å². The average Bonchev–Trinajstić information content (AvgIpc) is 2.69. The van der Waals surface area contributed by atoms with Gasteiger partial charge in [-0.15, -0.1) is 12.4 Å². The van der Waals surface area contributed by atoms with Crippen LogP contribution in [0.1, 0.15) is 18.9 Å². The highest BCUT2D eigenvalue weighted by Crippen LogP contribution is 2.21. The Hall–Kier alpha value is -0.880. The van der Waals surface area contributed by atoms with Crippen LogP contribution >= 0.6 is 23.7 Å². The van der Waals surface area contributed by atoms with Crippen molar-refractivity contribution in [2.45, 2.75) is 25.9 Å². The smallest absolute Gasteiger partial charge is 0.307 e. The van der Waals surface area contributed by atoms with E-state index in [0.717, 1.165) is 36.3 Å². The van der Waals surface area contributed by atoms with Gasteiger partial charge in [-0.05, 0) is 36.6 Å². The van der Waals surface area contributed by atoms with Crippen molar-refractivity contribution in [1.29, 1.82) is 0 Å². The molecule has 1 aliphatic rings. The summed E-state index contributed by atoms with van der Waals surface area (Å²) in [6.45, 7) is 5.30. The van der Waals surface area contributed by atoms with E-state index in [4.69, 9.17) is 5.73 Å². The van der Waals surface area contributed by atoms with Crippen LogP contribution in [0.2, 0.25) is 0 Å². The molecule has 0 radical (unpaired) electrons. The van der Waals surface area contributed by atoms with Crippen LogP contribution in [0.3, 0.4) is 0 Å². The van der Waals surface area contributed by atoms with Gasteiger partial charge < -0.3 is 10.3 Å². The second-order valence-corrected chi connectivity index (χ2v) is 6.89. The van der Waals surface area contributed by atoms with Crippen LogP contribution in [0, 0.1) is 5.92 Å². The number of nitrogens with zero attached hydrogens (tertiary/aromatic N) is 2. The number of nitrogens with two attached hydrogens (primary N) is 1. The lowest BCUT2D eigenvalue weighted by Gasteiger charge is -2.35. The number of hydrogen-bond donors (Lipinski definition) is 1. The first-order valence-corrected chi connectivity index (χ1v) is 7.92. The van der Waals surface area contributed by atoms with Crippen molar-refractivity contribution in [3.8, 4) is 0 Å².